The summed E-state index contributed by atoms with van der Waals surface area (Å²) >= 11 is 0. The second-order valence-electron chi connectivity index (χ2n) is 7.24. The summed E-state index contributed by atoms with van der Waals surface area (Å²) in [4.78, 5) is 12.1. The van der Waals surface area contributed by atoms with Crippen LogP contribution in [0.1, 0.15) is 24.3 Å². The SMILES string of the molecule is O=Nc1ccc(-n2cc(C3CCN(CC(F)(F)F)CC3)c3ccccc32)cc1. The Morgan fingerprint density at radius 1 is 1.00 bits per heavy atom. The van der Waals surface area contributed by atoms with Crippen LogP contribution in [0.2, 0.25) is 0 Å². The van der Waals surface area contributed by atoms with Gasteiger partial charge in [0.2, 0.25) is 0 Å². The van der Waals surface area contributed by atoms with Crippen LogP contribution in [0.5, 0.6) is 0 Å². The number of nitrogens with zero attached hydrogens (tertiary/aromatic N) is 3. The summed E-state index contributed by atoms with van der Waals surface area (Å²) in [6.07, 6.45) is -0.653. The van der Waals surface area contributed by atoms with E-state index in [-0.39, 0.29) is 5.92 Å². The summed E-state index contributed by atoms with van der Waals surface area (Å²) in [5.74, 6) is 0.228. The van der Waals surface area contributed by atoms with Crippen LogP contribution in [-0.2, 0) is 0 Å². The average molecular weight is 387 g/mol. The molecule has 0 spiro atoms. The number of aromatic nitrogens is 1. The third-order valence-corrected chi connectivity index (χ3v) is 5.41. The Balaban J connectivity index is 1.63. The number of alkyl halides is 3. The Hall–Kier alpha value is -2.67. The minimum absolute atomic E-state index is 0.228. The molecule has 1 aliphatic heterocycles. The first-order valence-electron chi connectivity index (χ1n) is 9.27. The van der Waals surface area contributed by atoms with Crippen molar-refractivity contribution in [2.24, 2.45) is 5.18 Å². The molecule has 0 unspecified atom stereocenters. The van der Waals surface area contributed by atoms with Crippen molar-refractivity contribution in [1.82, 2.24) is 9.47 Å². The molecule has 1 saturated heterocycles. The van der Waals surface area contributed by atoms with Crippen LogP contribution in [0.3, 0.4) is 0 Å². The number of rotatable bonds is 4. The molecule has 1 aliphatic rings. The first-order chi connectivity index (χ1) is 13.4. The molecule has 0 radical (unpaired) electrons. The maximum atomic E-state index is 12.6. The third-order valence-electron chi connectivity index (χ3n) is 5.41. The molecule has 2 aromatic carbocycles. The summed E-state index contributed by atoms with van der Waals surface area (Å²) in [6, 6.07) is 15.1. The number of halogens is 3. The molecule has 0 bridgehead atoms. The van der Waals surface area contributed by atoms with Crippen molar-refractivity contribution in [2.45, 2.75) is 24.9 Å². The maximum Gasteiger partial charge on any atom is 0.401 e. The van der Waals surface area contributed by atoms with E-state index in [1.54, 1.807) is 12.1 Å². The molecule has 2 heterocycles. The van der Waals surface area contributed by atoms with Gasteiger partial charge in [0, 0.05) is 17.3 Å². The fourth-order valence-corrected chi connectivity index (χ4v) is 4.07. The lowest BCUT2D eigenvalue weighted by Crippen LogP contribution is -2.39. The summed E-state index contributed by atoms with van der Waals surface area (Å²) in [6.45, 7) is 0.0609. The van der Waals surface area contributed by atoms with Crippen LogP contribution in [-0.4, -0.2) is 35.3 Å². The van der Waals surface area contributed by atoms with Gasteiger partial charge in [-0.15, -0.1) is 4.91 Å². The van der Waals surface area contributed by atoms with Crippen LogP contribution >= 0.6 is 0 Å². The molecule has 1 fully saturated rings. The Morgan fingerprint density at radius 2 is 1.68 bits per heavy atom. The second kappa shape index (κ2) is 7.39. The Kier molecular flexibility index (Phi) is 4.93. The summed E-state index contributed by atoms with van der Waals surface area (Å²) in [7, 11) is 0. The molecule has 28 heavy (non-hydrogen) atoms. The maximum absolute atomic E-state index is 12.6. The van der Waals surface area contributed by atoms with Gasteiger partial charge >= 0.3 is 6.18 Å². The Morgan fingerprint density at radius 3 is 2.32 bits per heavy atom. The smallest absolute Gasteiger partial charge is 0.316 e. The van der Waals surface area contributed by atoms with E-state index in [0.29, 0.717) is 31.6 Å². The molecule has 3 aromatic rings. The van der Waals surface area contributed by atoms with Crippen molar-refractivity contribution in [3.05, 3.63) is 65.2 Å². The van der Waals surface area contributed by atoms with Crippen molar-refractivity contribution in [3.8, 4) is 5.69 Å². The zero-order valence-electron chi connectivity index (χ0n) is 15.2. The highest BCUT2D eigenvalue weighted by molar-refractivity contribution is 5.86. The molecular formula is C21H20F3N3O. The Labute approximate surface area is 160 Å². The molecule has 0 atom stereocenters. The molecule has 146 valence electrons. The zero-order valence-corrected chi connectivity index (χ0v) is 15.2. The predicted molar refractivity (Wildman–Crippen MR) is 103 cm³/mol. The summed E-state index contributed by atoms with van der Waals surface area (Å²) < 4.78 is 40.0. The van der Waals surface area contributed by atoms with E-state index in [4.69, 9.17) is 0 Å². The van der Waals surface area contributed by atoms with E-state index in [2.05, 4.69) is 22.0 Å². The molecular weight excluding hydrogens is 367 g/mol. The standard InChI is InChI=1S/C21H20F3N3O/c22-21(23,24)14-26-11-9-15(10-12-26)19-13-27(20-4-2-1-3-18(19)20)17-7-5-16(25-28)6-8-17/h1-8,13,15H,9-12,14H2. The number of hydrogen-bond acceptors (Lipinski definition) is 3. The highest BCUT2D eigenvalue weighted by Gasteiger charge is 2.33. The van der Waals surface area contributed by atoms with Crippen molar-refractivity contribution in [1.29, 1.82) is 0 Å². The number of likely N-dealkylation sites (tertiary alicyclic amines) is 1. The fraction of sp³-hybridized carbons (Fsp3) is 0.333. The lowest BCUT2D eigenvalue weighted by molar-refractivity contribution is -0.147. The van der Waals surface area contributed by atoms with Crippen LogP contribution in [0, 0.1) is 4.91 Å². The number of fused-ring (bicyclic) bond motifs is 1. The number of piperidine rings is 1. The first-order valence-corrected chi connectivity index (χ1v) is 9.27. The average Bonchev–Trinajstić information content (AvgIpc) is 3.07. The number of benzene rings is 2. The van der Waals surface area contributed by atoms with Crippen LogP contribution in [0.15, 0.2) is 59.9 Å². The molecule has 1 aromatic heterocycles. The van der Waals surface area contributed by atoms with Gasteiger partial charge in [-0.05, 0) is 72.9 Å². The molecule has 4 nitrogen and oxygen atoms in total. The van der Waals surface area contributed by atoms with E-state index < -0.39 is 12.7 Å². The van der Waals surface area contributed by atoms with E-state index in [0.717, 1.165) is 16.6 Å². The molecule has 0 aliphatic carbocycles. The van der Waals surface area contributed by atoms with Gasteiger partial charge < -0.3 is 4.57 Å². The molecule has 0 N–H and O–H groups in total. The highest BCUT2D eigenvalue weighted by Crippen LogP contribution is 2.36. The van der Waals surface area contributed by atoms with Gasteiger partial charge in [-0.1, -0.05) is 18.2 Å². The van der Waals surface area contributed by atoms with E-state index in [1.165, 1.54) is 10.5 Å². The van der Waals surface area contributed by atoms with Crippen LogP contribution in [0.4, 0.5) is 18.9 Å². The summed E-state index contributed by atoms with van der Waals surface area (Å²) in [5, 5.41) is 4.05. The number of para-hydroxylation sites is 1. The second-order valence-corrected chi connectivity index (χ2v) is 7.24. The van der Waals surface area contributed by atoms with Crippen molar-refractivity contribution >= 4 is 16.6 Å². The lowest BCUT2D eigenvalue weighted by atomic mass is 9.89. The van der Waals surface area contributed by atoms with Gasteiger partial charge in [0.15, 0.2) is 0 Å². The number of nitroso groups, excluding NO2 is 1. The largest absolute Gasteiger partial charge is 0.401 e. The Bertz CT molecular complexity index is 971. The zero-order chi connectivity index (χ0) is 19.7. The first kappa shape index (κ1) is 18.7. The lowest BCUT2D eigenvalue weighted by Gasteiger charge is -2.32. The quantitative estimate of drug-likeness (QED) is 0.533. The minimum Gasteiger partial charge on any atom is -0.316 e. The van der Waals surface area contributed by atoms with E-state index >= 15 is 0 Å². The fourth-order valence-electron chi connectivity index (χ4n) is 4.07. The summed E-state index contributed by atoms with van der Waals surface area (Å²) in [5.41, 5.74) is 3.50. The van der Waals surface area contributed by atoms with Crippen molar-refractivity contribution < 1.29 is 13.2 Å². The van der Waals surface area contributed by atoms with Crippen LogP contribution < -0.4 is 0 Å². The monoisotopic (exact) mass is 387 g/mol. The molecule has 0 saturated carbocycles. The highest BCUT2D eigenvalue weighted by atomic mass is 19.4. The van der Waals surface area contributed by atoms with Gasteiger partial charge in [0.05, 0.1) is 12.1 Å². The number of hydrogen-bond donors (Lipinski definition) is 0. The molecule has 4 rings (SSSR count). The minimum atomic E-state index is -4.15. The van der Waals surface area contributed by atoms with Crippen LogP contribution in [0.25, 0.3) is 16.6 Å². The van der Waals surface area contributed by atoms with E-state index in [1.807, 2.05) is 30.3 Å². The van der Waals surface area contributed by atoms with Gasteiger partial charge in [-0.2, -0.15) is 13.2 Å². The van der Waals surface area contributed by atoms with E-state index in [9.17, 15) is 18.1 Å². The van der Waals surface area contributed by atoms with Crippen molar-refractivity contribution in [3.63, 3.8) is 0 Å². The van der Waals surface area contributed by atoms with Gasteiger partial charge in [-0.25, -0.2) is 0 Å². The topological polar surface area (TPSA) is 37.6 Å². The normalized spacial score (nSPS) is 16.5. The predicted octanol–water partition coefficient (Wildman–Crippen LogP) is 5.77. The van der Waals surface area contributed by atoms with Gasteiger partial charge in [0.1, 0.15) is 5.69 Å². The van der Waals surface area contributed by atoms with Gasteiger partial charge in [0.25, 0.3) is 0 Å². The third kappa shape index (κ3) is 3.80. The van der Waals surface area contributed by atoms with Crippen molar-refractivity contribution in [2.75, 3.05) is 19.6 Å². The molecule has 7 heteroatoms. The van der Waals surface area contributed by atoms with Gasteiger partial charge in [-0.3, -0.25) is 4.90 Å². The molecule has 0 amide bonds.